The molecule has 0 bridgehead atoms. The summed E-state index contributed by atoms with van der Waals surface area (Å²) in [4.78, 5) is 22.2. The molecule has 0 aliphatic carbocycles. The molecule has 100 valence electrons. The molecule has 0 rings (SSSR count). The highest BCUT2D eigenvalue weighted by molar-refractivity contribution is 5.83. The number of ether oxygens (including phenoxy) is 1. The highest BCUT2D eigenvalue weighted by Crippen LogP contribution is 1.95. The summed E-state index contributed by atoms with van der Waals surface area (Å²) in [5.74, 6) is -1.28. The van der Waals surface area contributed by atoms with Crippen LogP contribution in [0.25, 0.3) is 0 Å². The van der Waals surface area contributed by atoms with E-state index in [-0.39, 0.29) is 6.04 Å². The molecule has 0 saturated carbocycles. The number of carboxylic acid groups (broad SMARTS) is 1. The second-order valence-corrected chi connectivity index (χ2v) is 3.73. The average Bonchev–Trinajstić information content (AvgIpc) is 2.24. The summed E-state index contributed by atoms with van der Waals surface area (Å²) < 4.78 is 4.89. The Balaban J connectivity index is 4.27. The van der Waals surface area contributed by atoms with E-state index in [1.54, 1.807) is 0 Å². The van der Waals surface area contributed by atoms with Gasteiger partial charge in [0, 0.05) is 7.11 Å². The molecule has 0 aromatic rings. The zero-order chi connectivity index (χ0) is 13.4. The van der Waals surface area contributed by atoms with Gasteiger partial charge in [0.15, 0.2) is 6.04 Å². The Kier molecular flexibility index (Phi) is 7.24. The first-order valence-corrected chi connectivity index (χ1v) is 5.39. The highest BCUT2D eigenvalue weighted by atomic mass is 16.5. The minimum atomic E-state index is -1.32. The lowest BCUT2D eigenvalue weighted by Gasteiger charge is -2.20. The molecule has 17 heavy (non-hydrogen) atoms. The fourth-order valence-electron chi connectivity index (χ4n) is 1.22. The van der Waals surface area contributed by atoms with E-state index in [1.165, 1.54) is 14.0 Å². The first-order chi connectivity index (χ1) is 7.92. The molecule has 0 radical (unpaired) electrons. The lowest BCUT2D eigenvalue weighted by Crippen LogP contribution is -2.53. The third-order valence-electron chi connectivity index (χ3n) is 2.23. The van der Waals surface area contributed by atoms with E-state index in [0.29, 0.717) is 13.0 Å². The third kappa shape index (κ3) is 6.08. The van der Waals surface area contributed by atoms with Crippen LogP contribution in [0.3, 0.4) is 0 Å². The van der Waals surface area contributed by atoms with Gasteiger partial charge in [-0.1, -0.05) is 6.92 Å². The van der Waals surface area contributed by atoms with Gasteiger partial charge in [-0.05, 0) is 13.3 Å². The fourth-order valence-corrected chi connectivity index (χ4v) is 1.22. The second-order valence-electron chi connectivity index (χ2n) is 3.73. The number of rotatable bonds is 7. The molecule has 0 aliphatic heterocycles. The van der Waals surface area contributed by atoms with Gasteiger partial charge >= 0.3 is 12.0 Å². The van der Waals surface area contributed by atoms with Crippen LogP contribution in [0, 0.1) is 0 Å². The van der Waals surface area contributed by atoms with E-state index in [9.17, 15) is 14.7 Å². The van der Waals surface area contributed by atoms with Crippen LogP contribution >= 0.6 is 0 Å². The summed E-state index contributed by atoms with van der Waals surface area (Å²) in [7, 11) is 1.51. The lowest BCUT2D eigenvalue weighted by atomic mass is 10.2. The van der Waals surface area contributed by atoms with Crippen molar-refractivity contribution in [2.24, 2.45) is 0 Å². The summed E-state index contributed by atoms with van der Waals surface area (Å²) in [6.07, 6.45) is -0.506. The number of aliphatic hydroxyl groups excluding tert-OH is 1. The Bertz CT molecular complexity index is 257. The minimum absolute atomic E-state index is 0.191. The Labute approximate surface area is 100 Å². The maximum Gasteiger partial charge on any atom is 0.328 e. The van der Waals surface area contributed by atoms with Crippen molar-refractivity contribution in [3.63, 3.8) is 0 Å². The molecule has 3 atom stereocenters. The predicted molar refractivity (Wildman–Crippen MR) is 60.7 cm³/mol. The normalized spacial score (nSPS) is 15.8. The maximum atomic E-state index is 11.5. The van der Waals surface area contributed by atoms with Crippen LogP contribution < -0.4 is 10.6 Å². The molecule has 0 spiro atoms. The van der Waals surface area contributed by atoms with E-state index in [0.717, 1.165) is 0 Å². The number of aliphatic hydroxyl groups is 1. The SMILES string of the molecule is CCC(COC)NC(=O)NC(C(=O)O)C(C)O. The van der Waals surface area contributed by atoms with Crippen LogP contribution in [0.4, 0.5) is 4.79 Å². The zero-order valence-electron chi connectivity index (χ0n) is 10.3. The van der Waals surface area contributed by atoms with Crippen molar-refractivity contribution in [2.45, 2.75) is 38.5 Å². The van der Waals surface area contributed by atoms with Crippen LogP contribution in [-0.4, -0.2) is 54.1 Å². The van der Waals surface area contributed by atoms with E-state index in [1.807, 2.05) is 6.92 Å². The van der Waals surface area contributed by atoms with Crippen molar-refractivity contribution in [3.8, 4) is 0 Å². The number of hydrogen-bond acceptors (Lipinski definition) is 4. The van der Waals surface area contributed by atoms with E-state index in [4.69, 9.17) is 9.84 Å². The molecule has 0 fully saturated rings. The van der Waals surface area contributed by atoms with Crippen molar-refractivity contribution in [3.05, 3.63) is 0 Å². The molecule has 0 aromatic carbocycles. The van der Waals surface area contributed by atoms with Crippen molar-refractivity contribution in [1.29, 1.82) is 0 Å². The zero-order valence-corrected chi connectivity index (χ0v) is 10.3. The predicted octanol–water partition coefficient (Wildman–Crippen LogP) is -0.455. The van der Waals surface area contributed by atoms with E-state index in [2.05, 4.69) is 10.6 Å². The molecule has 0 aliphatic rings. The number of carbonyl (C=O) groups is 2. The molecule has 7 nitrogen and oxygen atoms in total. The summed E-state index contributed by atoms with van der Waals surface area (Å²) in [5, 5.41) is 22.7. The van der Waals surface area contributed by atoms with Gasteiger partial charge in [0.05, 0.1) is 18.8 Å². The third-order valence-corrected chi connectivity index (χ3v) is 2.23. The first-order valence-electron chi connectivity index (χ1n) is 5.39. The summed E-state index contributed by atoms with van der Waals surface area (Å²) in [6, 6.07) is -2.15. The molecule has 4 N–H and O–H groups in total. The first kappa shape index (κ1) is 15.7. The van der Waals surface area contributed by atoms with Gasteiger partial charge in [-0.3, -0.25) is 0 Å². The van der Waals surface area contributed by atoms with Crippen LogP contribution in [0.2, 0.25) is 0 Å². The van der Waals surface area contributed by atoms with Crippen LogP contribution in [0.5, 0.6) is 0 Å². The largest absolute Gasteiger partial charge is 0.480 e. The molecule has 0 saturated heterocycles. The highest BCUT2D eigenvalue weighted by Gasteiger charge is 2.25. The maximum absolute atomic E-state index is 11.5. The molecule has 0 heterocycles. The second kappa shape index (κ2) is 7.86. The quantitative estimate of drug-likeness (QED) is 0.488. The molecule has 3 unspecified atom stereocenters. The van der Waals surface area contributed by atoms with Crippen LogP contribution in [0.15, 0.2) is 0 Å². The van der Waals surface area contributed by atoms with Gasteiger partial charge < -0.3 is 25.6 Å². The number of hydrogen-bond donors (Lipinski definition) is 4. The number of amides is 2. The van der Waals surface area contributed by atoms with Crippen LogP contribution in [0.1, 0.15) is 20.3 Å². The number of carbonyl (C=O) groups excluding carboxylic acids is 1. The number of methoxy groups -OCH3 is 1. The van der Waals surface area contributed by atoms with Crippen molar-refractivity contribution < 1.29 is 24.5 Å². The Morgan fingerprint density at radius 3 is 2.29 bits per heavy atom. The smallest absolute Gasteiger partial charge is 0.328 e. The summed E-state index contributed by atoms with van der Waals surface area (Å²) in [6.45, 7) is 3.51. The summed E-state index contributed by atoms with van der Waals surface area (Å²) >= 11 is 0. The standard InChI is InChI=1S/C10H20N2O5/c1-4-7(5-17-3)11-10(16)12-8(6(2)13)9(14)15/h6-8,13H,4-5H2,1-3H3,(H,14,15)(H2,11,12,16). The number of carboxylic acids is 1. The number of urea groups is 1. The fraction of sp³-hybridized carbons (Fsp3) is 0.800. The molecular formula is C10H20N2O5. The van der Waals surface area contributed by atoms with Gasteiger partial charge in [0.25, 0.3) is 0 Å². The Morgan fingerprint density at radius 1 is 1.35 bits per heavy atom. The van der Waals surface area contributed by atoms with Gasteiger partial charge in [0.2, 0.25) is 0 Å². The average molecular weight is 248 g/mol. The Hall–Kier alpha value is -1.34. The van der Waals surface area contributed by atoms with Gasteiger partial charge in [0.1, 0.15) is 0 Å². The summed E-state index contributed by atoms with van der Waals surface area (Å²) in [5.41, 5.74) is 0. The van der Waals surface area contributed by atoms with Crippen LogP contribution in [-0.2, 0) is 9.53 Å². The molecular weight excluding hydrogens is 228 g/mol. The van der Waals surface area contributed by atoms with Crippen molar-refractivity contribution >= 4 is 12.0 Å². The van der Waals surface area contributed by atoms with Crippen molar-refractivity contribution in [2.75, 3.05) is 13.7 Å². The topological polar surface area (TPSA) is 108 Å². The number of aliphatic carboxylic acids is 1. The molecule has 7 heteroatoms. The number of nitrogens with one attached hydrogen (secondary N) is 2. The Morgan fingerprint density at radius 2 is 1.94 bits per heavy atom. The molecule has 2 amide bonds. The lowest BCUT2D eigenvalue weighted by molar-refractivity contribution is -0.141. The van der Waals surface area contributed by atoms with Gasteiger partial charge in [-0.2, -0.15) is 0 Å². The minimum Gasteiger partial charge on any atom is -0.480 e. The van der Waals surface area contributed by atoms with Gasteiger partial charge in [-0.25, -0.2) is 9.59 Å². The van der Waals surface area contributed by atoms with Crippen molar-refractivity contribution in [1.82, 2.24) is 10.6 Å². The van der Waals surface area contributed by atoms with Gasteiger partial charge in [-0.15, -0.1) is 0 Å². The molecule has 0 aromatic heterocycles. The monoisotopic (exact) mass is 248 g/mol. The van der Waals surface area contributed by atoms with E-state index < -0.39 is 24.1 Å². The van der Waals surface area contributed by atoms with E-state index >= 15 is 0 Å².